The minimum Gasteiger partial charge on any atom is -0.493 e. The molecule has 0 radical (unpaired) electrons. The van der Waals surface area contributed by atoms with Crippen LogP contribution in [0.15, 0.2) is 48.5 Å². The van der Waals surface area contributed by atoms with E-state index >= 15 is 0 Å². The molecule has 3 rings (SSSR count). The fourth-order valence-corrected chi connectivity index (χ4v) is 4.49. The molecule has 33 heavy (non-hydrogen) atoms. The molecule has 0 N–H and O–H groups in total. The van der Waals surface area contributed by atoms with Crippen molar-refractivity contribution in [2.75, 3.05) is 21.3 Å². The summed E-state index contributed by atoms with van der Waals surface area (Å²) >= 11 is 0. The van der Waals surface area contributed by atoms with Gasteiger partial charge in [0.15, 0.2) is 11.5 Å². The van der Waals surface area contributed by atoms with Gasteiger partial charge >= 0.3 is 0 Å². The maximum absolute atomic E-state index is 6.07. The third kappa shape index (κ3) is 4.73. The van der Waals surface area contributed by atoms with Crippen molar-refractivity contribution in [2.24, 2.45) is 0 Å². The van der Waals surface area contributed by atoms with Crippen LogP contribution in [0, 0.1) is 0 Å². The molecule has 3 heteroatoms. The van der Waals surface area contributed by atoms with Gasteiger partial charge in [0.1, 0.15) is 0 Å². The fourth-order valence-electron chi connectivity index (χ4n) is 4.49. The van der Waals surface area contributed by atoms with Gasteiger partial charge in [-0.3, -0.25) is 0 Å². The molecule has 0 fully saturated rings. The lowest BCUT2D eigenvalue weighted by Crippen LogP contribution is -2.07. The van der Waals surface area contributed by atoms with Crippen LogP contribution >= 0.6 is 0 Å². The van der Waals surface area contributed by atoms with Crippen LogP contribution in [0.2, 0.25) is 0 Å². The molecule has 0 unspecified atom stereocenters. The van der Waals surface area contributed by atoms with Crippen molar-refractivity contribution in [2.45, 2.75) is 59.3 Å². The number of rotatable bonds is 8. The molecule has 0 aliphatic carbocycles. The van der Waals surface area contributed by atoms with E-state index in [4.69, 9.17) is 14.2 Å². The Bertz CT molecular complexity index is 1070. The standard InChI is InChI=1S/C30H38O3/c1-18(2)22-15-23(19(3)4)27(24(16-22)20(5)6)28-25(21-13-11-10-12-14-21)17-26(31-7)29(32-8)30(28)33-9/h10-20H,1-9H3. The van der Waals surface area contributed by atoms with Crippen LogP contribution in [0.5, 0.6) is 17.2 Å². The lowest BCUT2D eigenvalue weighted by molar-refractivity contribution is 0.325. The van der Waals surface area contributed by atoms with Crippen molar-refractivity contribution in [1.29, 1.82) is 0 Å². The molecule has 0 aromatic heterocycles. The summed E-state index contributed by atoms with van der Waals surface area (Å²) in [5, 5.41) is 0. The molecule has 0 atom stereocenters. The molecule has 3 nitrogen and oxygen atoms in total. The topological polar surface area (TPSA) is 27.7 Å². The molecular weight excluding hydrogens is 408 g/mol. The average Bonchev–Trinajstić information content (AvgIpc) is 2.81. The number of methoxy groups -OCH3 is 3. The summed E-state index contributed by atoms with van der Waals surface area (Å²) in [6, 6.07) is 17.3. The average molecular weight is 447 g/mol. The van der Waals surface area contributed by atoms with Crippen molar-refractivity contribution in [3.05, 3.63) is 65.2 Å². The lowest BCUT2D eigenvalue weighted by Gasteiger charge is -2.27. The Balaban J connectivity index is 2.58. The van der Waals surface area contributed by atoms with Crippen molar-refractivity contribution < 1.29 is 14.2 Å². The van der Waals surface area contributed by atoms with E-state index in [1.807, 2.05) is 6.07 Å². The number of benzene rings is 3. The summed E-state index contributed by atoms with van der Waals surface area (Å²) in [4.78, 5) is 0. The Kier molecular flexibility index (Phi) is 7.73. The second kappa shape index (κ2) is 10.3. The molecule has 0 bridgehead atoms. The SMILES string of the molecule is COc1cc(-c2ccccc2)c(-c2c(C(C)C)cc(C(C)C)cc2C(C)C)c(OC)c1OC. The molecule has 0 saturated heterocycles. The highest BCUT2D eigenvalue weighted by Crippen LogP contribution is 2.53. The predicted octanol–water partition coefficient (Wildman–Crippen LogP) is 8.42. The Hall–Kier alpha value is -2.94. The third-order valence-electron chi connectivity index (χ3n) is 6.30. The molecule has 3 aromatic carbocycles. The number of hydrogen-bond donors (Lipinski definition) is 0. The van der Waals surface area contributed by atoms with E-state index in [1.165, 1.54) is 22.3 Å². The van der Waals surface area contributed by atoms with E-state index in [1.54, 1.807) is 21.3 Å². The second-order valence-corrected chi connectivity index (χ2v) is 9.47. The summed E-state index contributed by atoms with van der Waals surface area (Å²) < 4.78 is 17.6. The molecular formula is C30H38O3. The summed E-state index contributed by atoms with van der Waals surface area (Å²) in [6.07, 6.45) is 0. The highest BCUT2D eigenvalue weighted by molar-refractivity contribution is 5.94. The van der Waals surface area contributed by atoms with E-state index in [2.05, 4.69) is 84.0 Å². The van der Waals surface area contributed by atoms with Crippen molar-refractivity contribution in [1.82, 2.24) is 0 Å². The zero-order chi connectivity index (χ0) is 24.3. The Labute approximate surface area is 199 Å². The van der Waals surface area contributed by atoms with E-state index in [0.29, 0.717) is 35.0 Å². The van der Waals surface area contributed by atoms with E-state index in [-0.39, 0.29) is 0 Å². The third-order valence-corrected chi connectivity index (χ3v) is 6.30. The highest BCUT2D eigenvalue weighted by Gasteiger charge is 2.28. The normalized spacial score (nSPS) is 11.4. The second-order valence-electron chi connectivity index (χ2n) is 9.47. The molecule has 3 aromatic rings. The smallest absolute Gasteiger partial charge is 0.203 e. The number of hydrogen-bond acceptors (Lipinski definition) is 3. The Morgan fingerprint density at radius 1 is 0.576 bits per heavy atom. The van der Waals surface area contributed by atoms with Gasteiger partial charge in [-0.2, -0.15) is 0 Å². The largest absolute Gasteiger partial charge is 0.493 e. The summed E-state index contributed by atoms with van der Waals surface area (Å²) in [7, 11) is 5.05. The van der Waals surface area contributed by atoms with Crippen LogP contribution in [0.25, 0.3) is 22.3 Å². The lowest BCUT2D eigenvalue weighted by atomic mass is 9.79. The van der Waals surface area contributed by atoms with Gasteiger partial charge in [0.2, 0.25) is 5.75 Å². The van der Waals surface area contributed by atoms with Crippen molar-refractivity contribution in [3.63, 3.8) is 0 Å². The first-order valence-electron chi connectivity index (χ1n) is 11.8. The van der Waals surface area contributed by atoms with Crippen LogP contribution in [0.1, 0.15) is 76.0 Å². The van der Waals surface area contributed by atoms with Gasteiger partial charge in [-0.1, -0.05) is 84.0 Å². The van der Waals surface area contributed by atoms with Crippen LogP contribution < -0.4 is 14.2 Å². The first-order valence-corrected chi connectivity index (χ1v) is 11.8. The molecule has 0 spiro atoms. The van der Waals surface area contributed by atoms with Crippen LogP contribution in [0.3, 0.4) is 0 Å². The first kappa shape index (κ1) is 24.7. The van der Waals surface area contributed by atoms with Gasteiger partial charge in [0.05, 0.1) is 21.3 Å². The summed E-state index contributed by atoms with van der Waals surface area (Å²) in [6.45, 7) is 13.6. The minimum absolute atomic E-state index is 0.345. The highest BCUT2D eigenvalue weighted by atomic mass is 16.5. The van der Waals surface area contributed by atoms with Gasteiger partial charge in [-0.15, -0.1) is 0 Å². The van der Waals surface area contributed by atoms with Gasteiger partial charge in [0, 0.05) is 5.56 Å². The maximum Gasteiger partial charge on any atom is 0.203 e. The van der Waals surface area contributed by atoms with E-state index in [0.717, 1.165) is 16.7 Å². The maximum atomic E-state index is 6.07. The molecule has 0 amide bonds. The monoisotopic (exact) mass is 446 g/mol. The van der Waals surface area contributed by atoms with Gasteiger partial charge < -0.3 is 14.2 Å². The zero-order valence-corrected chi connectivity index (χ0v) is 21.6. The van der Waals surface area contributed by atoms with Crippen LogP contribution in [-0.2, 0) is 0 Å². The summed E-state index contributed by atoms with van der Waals surface area (Å²) in [5.74, 6) is 3.13. The zero-order valence-electron chi connectivity index (χ0n) is 21.6. The number of ether oxygens (including phenoxy) is 3. The quantitative estimate of drug-likeness (QED) is 0.347. The molecule has 0 heterocycles. The predicted molar refractivity (Wildman–Crippen MR) is 139 cm³/mol. The Morgan fingerprint density at radius 2 is 1.12 bits per heavy atom. The summed E-state index contributed by atoms with van der Waals surface area (Å²) in [5.41, 5.74) is 8.51. The van der Waals surface area contributed by atoms with E-state index < -0.39 is 0 Å². The molecule has 176 valence electrons. The minimum atomic E-state index is 0.345. The van der Waals surface area contributed by atoms with Crippen molar-refractivity contribution >= 4 is 0 Å². The Morgan fingerprint density at radius 3 is 1.55 bits per heavy atom. The van der Waals surface area contributed by atoms with Gasteiger partial charge in [0.25, 0.3) is 0 Å². The molecule has 0 aliphatic heterocycles. The van der Waals surface area contributed by atoms with Crippen LogP contribution in [-0.4, -0.2) is 21.3 Å². The first-order chi connectivity index (χ1) is 15.7. The molecule has 0 saturated carbocycles. The van der Waals surface area contributed by atoms with Crippen LogP contribution in [0.4, 0.5) is 0 Å². The molecule has 0 aliphatic rings. The van der Waals surface area contributed by atoms with Gasteiger partial charge in [-0.25, -0.2) is 0 Å². The van der Waals surface area contributed by atoms with Crippen molar-refractivity contribution in [3.8, 4) is 39.5 Å². The van der Waals surface area contributed by atoms with Gasteiger partial charge in [-0.05, 0) is 57.2 Å². The fraction of sp³-hybridized carbons (Fsp3) is 0.400. The van der Waals surface area contributed by atoms with E-state index in [9.17, 15) is 0 Å².